The largest absolute Gasteiger partial charge is 0.443 e. The van der Waals surface area contributed by atoms with E-state index in [4.69, 9.17) is 9.47 Å². The van der Waals surface area contributed by atoms with Gasteiger partial charge in [0.15, 0.2) is 5.78 Å². The van der Waals surface area contributed by atoms with Gasteiger partial charge in [0.2, 0.25) is 0 Å². The molecular formula is C28H39NO5. The van der Waals surface area contributed by atoms with Crippen LogP contribution in [0.2, 0.25) is 0 Å². The first-order chi connectivity index (χ1) is 16.1. The van der Waals surface area contributed by atoms with Crippen LogP contribution < -0.4 is 4.90 Å². The van der Waals surface area contributed by atoms with Crippen LogP contribution in [0.5, 0.6) is 0 Å². The normalized spacial score (nSPS) is 12.3. The van der Waals surface area contributed by atoms with E-state index in [-0.39, 0.29) is 12.4 Å². The number of Topliss-reactive ketones (excluding diaryl/α,β-unsaturated/α-hetero) is 1. The molecule has 0 saturated carbocycles. The average molecular weight is 470 g/mol. The van der Waals surface area contributed by atoms with E-state index in [1.54, 1.807) is 24.3 Å². The number of ether oxygens (including phenoxy) is 2. The van der Waals surface area contributed by atoms with Gasteiger partial charge in [-0.3, -0.25) is 9.69 Å². The van der Waals surface area contributed by atoms with E-state index in [2.05, 4.69) is 13.8 Å². The number of carbonyl (C=O) groups is 2. The molecule has 0 saturated heterocycles. The summed E-state index contributed by atoms with van der Waals surface area (Å²) in [6.45, 7) is 10.8. The van der Waals surface area contributed by atoms with Gasteiger partial charge >= 0.3 is 6.09 Å². The molecule has 0 aliphatic heterocycles. The molecule has 186 valence electrons. The Hall–Kier alpha value is -2.70. The number of aliphatic hydroxyl groups excluding tert-OH is 1. The highest BCUT2D eigenvalue weighted by molar-refractivity contribution is 5.96. The molecule has 0 aliphatic carbocycles. The molecule has 1 atom stereocenters. The molecular weight excluding hydrogens is 430 g/mol. The zero-order valence-electron chi connectivity index (χ0n) is 21.2. The Morgan fingerprint density at radius 1 is 1.00 bits per heavy atom. The molecule has 1 N–H and O–H groups in total. The summed E-state index contributed by atoms with van der Waals surface area (Å²) in [5, 5.41) is 9.26. The van der Waals surface area contributed by atoms with E-state index >= 15 is 0 Å². The molecule has 2 aromatic carbocycles. The topological polar surface area (TPSA) is 76.1 Å². The smallest absolute Gasteiger partial charge is 0.414 e. The maximum absolute atomic E-state index is 12.7. The quantitative estimate of drug-likeness (QED) is 0.300. The fourth-order valence-electron chi connectivity index (χ4n) is 3.39. The second-order valence-corrected chi connectivity index (χ2v) is 9.53. The van der Waals surface area contributed by atoms with Crippen molar-refractivity contribution in [1.82, 2.24) is 0 Å². The fourth-order valence-corrected chi connectivity index (χ4v) is 3.39. The predicted octanol–water partition coefficient (Wildman–Crippen LogP) is 6.11. The van der Waals surface area contributed by atoms with Gasteiger partial charge in [0.1, 0.15) is 5.60 Å². The molecule has 6 nitrogen and oxygen atoms in total. The Morgan fingerprint density at radius 2 is 1.65 bits per heavy atom. The van der Waals surface area contributed by atoms with Crippen molar-refractivity contribution in [2.75, 3.05) is 24.7 Å². The van der Waals surface area contributed by atoms with Crippen molar-refractivity contribution in [2.24, 2.45) is 0 Å². The Labute approximate surface area is 203 Å². The van der Waals surface area contributed by atoms with Gasteiger partial charge in [0.05, 0.1) is 19.8 Å². The summed E-state index contributed by atoms with van der Waals surface area (Å²) in [6.07, 6.45) is 1.65. The number of hydrogen-bond acceptors (Lipinski definition) is 5. The van der Waals surface area contributed by atoms with Crippen LogP contribution in [-0.4, -0.2) is 42.3 Å². The van der Waals surface area contributed by atoms with Crippen LogP contribution in [0.25, 0.3) is 0 Å². The molecule has 0 bridgehead atoms. The Kier molecular flexibility index (Phi) is 10.7. The third-order valence-electron chi connectivity index (χ3n) is 5.61. The molecule has 0 heterocycles. The lowest BCUT2D eigenvalue weighted by atomic mass is 9.96. The Morgan fingerprint density at radius 3 is 2.21 bits per heavy atom. The SMILES string of the molecule is CCC(C)c1ccc(C(=O)CCCOCCN(C(=O)OC(C)(C)C)c2ccc(CO)cc2)cc1. The Bertz CT molecular complexity index is 900. The summed E-state index contributed by atoms with van der Waals surface area (Å²) < 4.78 is 11.3. The number of hydrogen-bond donors (Lipinski definition) is 1. The molecule has 0 aliphatic rings. The van der Waals surface area contributed by atoms with Gasteiger partial charge < -0.3 is 14.6 Å². The van der Waals surface area contributed by atoms with Crippen molar-refractivity contribution in [3.63, 3.8) is 0 Å². The molecule has 0 radical (unpaired) electrons. The van der Waals surface area contributed by atoms with Gasteiger partial charge in [0.25, 0.3) is 0 Å². The van der Waals surface area contributed by atoms with Gasteiger partial charge in [-0.25, -0.2) is 4.79 Å². The maximum atomic E-state index is 12.7. The number of amides is 1. The van der Waals surface area contributed by atoms with E-state index in [9.17, 15) is 14.7 Å². The number of carbonyl (C=O) groups excluding carboxylic acids is 2. The first kappa shape index (κ1) is 27.5. The van der Waals surface area contributed by atoms with Gasteiger partial charge in [0, 0.05) is 24.3 Å². The minimum absolute atomic E-state index is 0.0590. The van der Waals surface area contributed by atoms with Gasteiger partial charge in [-0.15, -0.1) is 0 Å². The number of rotatable bonds is 12. The van der Waals surface area contributed by atoms with Crippen molar-refractivity contribution in [2.45, 2.75) is 72.0 Å². The lowest BCUT2D eigenvalue weighted by Crippen LogP contribution is -2.39. The number of aliphatic hydroxyl groups is 1. The van der Waals surface area contributed by atoms with E-state index in [1.165, 1.54) is 10.5 Å². The molecule has 2 rings (SSSR count). The standard InChI is InChI=1S/C28H39NO5/c1-6-21(2)23-11-13-24(14-12-23)26(31)8-7-18-33-19-17-29(27(32)34-28(3,4)5)25-15-9-22(20-30)10-16-25/h9-16,21,30H,6-8,17-20H2,1-5H3. The first-order valence-electron chi connectivity index (χ1n) is 12.1. The number of benzene rings is 2. The molecule has 0 spiro atoms. The fraction of sp³-hybridized carbons (Fsp3) is 0.500. The second-order valence-electron chi connectivity index (χ2n) is 9.53. The lowest BCUT2D eigenvalue weighted by molar-refractivity contribution is 0.0560. The second kappa shape index (κ2) is 13.3. The van der Waals surface area contributed by atoms with Gasteiger partial charge in [-0.1, -0.05) is 50.2 Å². The third-order valence-corrected chi connectivity index (χ3v) is 5.61. The summed E-state index contributed by atoms with van der Waals surface area (Å²) in [7, 11) is 0. The highest BCUT2D eigenvalue weighted by atomic mass is 16.6. The molecule has 1 unspecified atom stereocenters. The minimum Gasteiger partial charge on any atom is -0.443 e. The van der Waals surface area contributed by atoms with Crippen molar-refractivity contribution in [3.05, 3.63) is 65.2 Å². The van der Waals surface area contributed by atoms with Crippen molar-refractivity contribution in [3.8, 4) is 0 Å². The summed E-state index contributed by atoms with van der Waals surface area (Å²) in [6, 6.07) is 15.0. The van der Waals surface area contributed by atoms with Crippen LogP contribution in [0.15, 0.2) is 48.5 Å². The van der Waals surface area contributed by atoms with Gasteiger partial charge in [-0.2, -0.15) is 0 Å². The maximum Gasteiger partial charge on any atom is 0.414 e. The molecule has 6 heteroatoms. The molecule has 0 aromatic heterocycles. The van der Waals surface area contributed by atoms with Crippen LogP contribution in [-0.2, 0) is 16.1 Å². The predicted molar refractivity (Wildman–Crippen MR) is 135 cm³/mol. The number of nitrogens with zero attached hydrogens (tertiary/aromatic N) is 1. The van der Waals surface area contributed by atoms with Crippen molar-refractivity contribution in [1.29, 1.82) is 0 Å². The lowest BCUT2D eigenvalue weighted by Gasteiger charge is -2.27. The molecule has 1 amide bonds. The summed E-state index contributed by atoms with van der Waals surface area (Å²) in [4.78, 5) is 26.7. The van der Waals surface area contributed by atoms with E-state index in [1.807, 2.05) is 45.0 Å². The average Bonchev–Trinajstić information content (AvgIpc) is 2.82. The van der Waals surface area contributed by atoms with Gasteiger partial charge in [-0.05, 0) is 62.8 Å². The number of anilines is 1. The zero-order chi connectivity index (χ0) is 25.1. The number of ketones is 1. The summed E-state index contributed by atoms with van der Waals surface area (Å²) in [5.41, 5.74) is 2.81. The van der Waals surface area contributed by atoms with Crippen LogP contribution in [0.1, 0.15) is 81.3 Å². The van der Waals surface area contributed by atoms with Crippen LogP contribution in [0, 0.1) is 0 Å². The molecule has 34 heavy (non-hydrogen) atoms. The first-order valence-corrected chi connectivity index (χ1v) is 12.1. The van der Waals surface area contributed by atoms with Crippen molar-refractivity contribution >= 4 is 17.6 Å². The minimum atomic E-state index is -0.617. The molecule has 2 aromatic rings. The van der Waals surface area contributed by atoms with Crippen molar-refractivity contribution < 1.29 is 24.2 Å². The van der Waals surface area contributed by atoms with Crippen LogP contribution in [0.4, 0.5) is 10.5 Å². The highest BCUT2D eigenvalue weighted by Crippen LogP contribution is 2.20. The van der Waals surface area contributed by atoms with E-state index in [0.717, 1.165) is 17.5 Å². The van der Waals surface area contributed by atoms with Crippen LogP contribution >= 0.6 is 0 Å². The molecule has 0 fully saturated rings. The zero-order valence-corrected chi connectivity index (χ0v) is 21.2. The third kappa shape index (κ3) is 8.92. The summed E-state index contributed by atoms with van der Waals surface area (Å²) in [5.74, 6) is 0.601. The summed E-state index contributed by atoms with van der Waals surface area (Å²) >= 11 is 0. The van der Waals surface area contributed by atoms with E-state index < -0.39 is 11.7 Å². The highest BCUT2D eigenvalue weighted by Gasteiger charge is 2.23. The van der Waals surface area contributed by atoms with Crippen LogP contribution in [0.3, 0.4) is 0 Å². The monoisotopic (exact) mass is 469 g/mol. The Balaban J connectivity index is 1.83. The van der Waals surface area contributed by atoms with E-state index in [0.29, 0.717) is 44.2 Å².